The van der Waals surface area contributed by atoms with Crippen LogP contribution in [0.2, 0.25) is 0 Å². The smallest absolute Gasteiger partial charge is 0.270 e. The van der Waals surface area contributed by atoms with Crippen LogP contribution in [0.3, 0.4) is 0 Å². The van der Waals surface area contributed by atoms with Gasteiger partial charge < -0.3 is 10.6 Å². The first-order valence-corrected chi connectivity index (χ1v) is 8.15. The van der Waals surface area contributed by atoms with Gasteiger partial charge in [0, 0.05) is 23.0 Å². The lowest BCUT2D eigenvalue weighted by Gasteiger charge is -2.28. The van der Waals surface area contributed by atoms with Gasteiger partial charge in [-0.3, -0.25) is 4.79 Å². The first-order valence-electron chi connectivity index (χ1n) is 7.27. The van der Waals surface area contributed by atoms with Gasteiger partial charge in [0.15, 0.2) is 0 Å². The number of benzene rings is 1. The molecule has 2 heterocycles. The van der Waals surface area contributed by atoms with Crippen molar-refractivity contribution in [2.45, 2.75) is 31.8 Å². The highest BCUT2D eigenvalue weighted by Gasteiger charge is 2.21. The molecule has 1 aromatic carbocycles. The van der Waals surface area contributed by atoms with Crippen LogP contribution >= 0.6 is 36.2 Å². The van der Waals surface area contributed by atoms with E-state index in [2.05, 4.69) is 22.5 Å². The average Bonchev–Trinajstić information content (AvgIpc) is 2.98. The summed E-state index contributed by atoms with van der Waals surface area (Å²) in [5, 5.41) is 9.21. The third-order valence-corrected chi connectivity index (χ3v) is 4.61. The van der Waals surface area contributed by atoms with E-state index in [0.29, 0.717) is 11.7 Å². The van der Waals surface area contributed by atoms with Crippen LogP contribution in [0.1, 0.15) is 30.3 Å². The Morgan fingerprint density at radius 3 is 2.74 bits per heavy atom. The zero-order chi connectivity index (χ0) is 14.7. The molecule has 2 unspecified atom stereocenters. The highest BCUT2D eigenvalue weighted by Crippen LogP contribution is 2.23. The molecule has 1 amide bonds. The largest absolute Gasteiger partial charge is 0.348 e. The summed E-state index contributed by atoms with van der Waals surface area (Å²) < 4.78 is 0. The summed E-state index contributed by atoms with van der Waals surface area (Å²) in [6.45, 7) is 3.10. The first kappa shape index (κ1) is 19.9. The molecule has 23 heavy (non-hydrogen) atoms. The predicted octanol–water partition coefficient (Wildman–Crippen LogP) is 3.52. The second-order valence-corrected chi connectivity index (χ2v) is 6.31. The lowest BCUT2D eigenvalue weighted by molar-refractivity contribution is 0.0921. The van der Waals surface area contributed by atoms with E-state index in [1.807, 2.05) is 35.7 Å². The van der Waals surface area contributed by atoms with Crippen molar-refractivity contribution in [3.63, 3.8) is 0 Å². The summed E-state index contributed by atoms with van der Waals surface area (Å²) in [7, 11) is 0. The molecule has 2 aromatic rings. The van der Waals surface area contributed by atoms with E-state index in [-0.39, 0.29) is 36.8 Å². The van der Waals surface area contributed by atoms with Crippen LogP contribution in [0.15, 0.2) is 35.7 Å². The second kappa shape index (κ2) is 9.23. The number of halogens is 2. The number of hydrogen-bond donors (Lipinski definition) is 2. The Labute approximate surface area is 152 Å². The maximum absolute atomic E-state index is 12.3. The molecule has 1 aliphatic heterocycles. The Morgan fingerprint density at radius 1 is 1.30 bits per heavy atom. The standard InChI is InChI=1S/C16H19N3OS.2ClH/c1-11-9-13(7-8-17-11)18-15(20)14-10-21-16(19-14)12-5-3-2-4-6-12;;/h2-6,10-11,13,17H,7-9H2,1H3,(H,18,20);2*1H. The van der Waals surface area contributed by atoms with Crippen molar-refractivity contribution < 1.29 is 4.79 Å². The summed E-state index contributed by atoms with van der Waals surface area (Å²) in [5.74, 6) is -0.0625. The van der Waals surface area contributed by atoms with E-state index in [1.54, 1.807) is 0 Å². The molecule has 1 saturated heterocycles. The molecule has 1 aromatic heterocycles. The highest BCUT2D eigenvalue weighted by molar-refractivity contribution is 7.13. The van der Waals surface area contributed by atoms with Crippen LogP contribution in [0, 0.1) is 0 Å². The Morgan fingerprint density at radius 2 is 2.04 bits per heavy atom. The highest BCUT2D eigenvalue weighted by atomic mass is 35.5. The van der Waals surface area contributed by atoms with E-state index < -0.39 is 0 Å². The van der Waals surface area contributed by atoms with Gasteiger partial charge in [0.1, 0.15) is 10.7 Å². The number of carbonyl (C=O) groups is 1. The third-order valence-electron chi connectivity index (χ3n) is 3.72. The van der Waals surface area contributed by atoms with Crippen molar-refractivity contribution in [1.82, 2.24) is 15.6 Å². The molecule has 0 radical (unpaired) electrons. The molecule has 2 N–H and O–H groups in total. The molecule has 0 saturated carbocycles. The molecule has 126 valence electrons. The minimum Gasteiger partial charge on any atom is -0.348 e. The lowest BCUT2D eigenvalue weighted by atomic mass is 10.0. The van der Waals surface area contributed by atoms with E-state index in [9.17, 15) is 4.79 Å². The predicted molar refractivity (Wildman–Crippen MR) is 100.0 cm³/mol. The molecule has 4 nitrogen and oxygen atoms in total. The lowest BCUT2D eigenvalue weighted by Crippen LogP contribution is -2.46. The Balaban J connectivity index is 0.00000132. The molecular formula is C16H21Cl2N3OS. The molecule has 2 atom stereocenters. The van der Waals surface area contributed by atoms with Gasteiger partial charge in [0.05, 0.1) is 0 Å². The summed E-state index contributed by atoms with van der Waals surface area (Å²) >= 11 is 1.51. The van der Waals surface area contributed by atoms with Gasteiger partial charge in [-0.1, -0.05) is 30.3 Å². The molecule has 1 aliphatic rings. The summed E-state index contributed by atoms with van der Waals surface area (Å²) in [6, 6.07) is 10.7. The molecular weight excluding hydrogens is 353 g/mol. The fourth-order valence-electron chi connectivity index (χ4n) is 2.61. The summed E-state index contributed by atoms with van der Waals surface area (Å²) in [4.78, 5) is 16.7. The molecule has 0 aliphatic carbocycles. The van der Waals surface area contributed by atoms with Crippen LogP contribution in [-0.2, 0) is 0 Å². The van der Waals surface area contributed by atoms with Crippen molar-refractivity contribution in [3.8, 4) is 10.6 Å². The zero-order valence-corrected chi connectivity index (χ0v) is 15.3. The number of nitrogens with one attached hydrogen (secondary N) is 2. The maximum Gasteiger partial charge on any atom is 0.270 e. The van der Waals surface area contributed by atoms with Gasteiger partial charge in [-0.15, -0.1) is 36.2 Å². The molecule has 1 fully saturated rings. The maximum atomic E-state index is 12.3. The third kappa shape index (κ3) is 5.18. The van der Waals surface area contributed by atoms with Gasteiger partial charge in [-0.25, -0.2) is 4.98 Å². The van der Waals surface area contributed by atoms with Crippen molar-refractivity contribution in [2.24, 2.45) is 0 Å². The fourth-order valence-corrected chi connectivity index (χ4v) is 3.42. The summed E-state index contributed by atoms with van der Waals surface area (Å²) in [6.07, 6.45) is 1.95. The van der Waals surface area contributed by atoms with Gasteiger partial charge in [-0.05, 0) is 26.3 Å². The van der Waals surface area contributed by atoms with Crippen LogP contribution in [0.4, 0.5) is 0 Å². The van der Waals surface area contributed by atoms with E-state index in [1.165, 1.54) is 11.3 Å². The van der Waals surface area contributed by atoms with Crippen LogP contribution in [0.25, 0.3) is 10.6 Å². The molecule has 3 rings (SSSR count). The van der Waals surface area contributed by atoms with Crippen LogP contribution < -0.4 is 10.6 Å². The normalized spacial score (nSPS) is 20.0. The van der Waals surface area contributed by atoms with Gasteiger partial charge in [-0.2, -0.15) is 0 Å². The van der Waals surface area contributed by atoms with Crippen molar-refractivity contribution in [3.05, 3.63) is 41.4 Å². The zero-order valence-electron chi connectivity index (χ0n) is 12.8. The number of piperidine rings is 1. The van der Waals surface area contributed by atoms with Crippen LogP contribution in [0.5, 0.6) is 0 Å². The topological polar surface area (TPSA) is 54.0 Å². The number of amides is 1. The number of carbonyl (C=O) groups excluding carboxylic acids is 1. The minimum absolute atomic E-state index is 0. The fraction of sp³-hybridized carbons (Fsp3) is 0.375. The van der Waals surface area contributed by atoms with Crippen LogP contribution in [-0.4, -0.2) is 29.5 Å². The number of nitrogens with zero attached hydrogens (tertiary/aromatic N) is 1. The van der Waals surface area contributed by atoms with Gasteiger partial charge in [0.25, 0.3) is 5.91 Å². The number of rotatable bonds is 3. The van der Waals surface area contributed by atoms with Gasteiger partial charge in [0.2, 0.25) is 0 Å². The SMILES string of the molecule is CC1CC(NC(=O)c2csc(-c3ccccc3)n2)CCN1.Cl.Cl. The quantitative estimate of drug-likeness (QED) is 0.864. The van der Waals surface area contributed by atoms with E-state index in [0.717, 1.165) is 30.0 Å². The minimum atomic E-state index is -0.0625. The Kier molecular flexibility index (Phi) is 7.99. The van der Waals surface area contributed by atoms with E-state index in [4.69, 9.17) is 0 Å². The Hall–Kier alpha value is -1.14. The molecule has 0 spiro atoms. The average molecular weight is 374 g/mol. The van der Waals surface area contributed by atoms with E-state index >= 15 is 0 Å². The van der Waals surface area contributed by atoms with Crippen molar-refractivity contribution in [1.29, 1.82) is 0 Å². The number of thiazole rings is 1. The number of hydrogen-bond acceptors (Lipinski definition) is 4. The second-order valence-electron chi connectivity index (χ2n) is 5.45. The molecule has 0 bridgehead atoms. The Bertz CT molecular complexity index is 621. The summed E-state index contributed by atoms with van der Waals surface area (Å²) in [5.41, 5.74) is 1.57. The van der Waals surface area contributed by atoms with Gasteiger partial charge >= 0.3 is 0 Å². The first-order chi connectivity index (χ1) is 10.2. The number of aromatic nitrogens is 1. The van der Waals surface area contributed by atoms with Crippen molar-refractivity contribution >= 4 is 42.1 Å². The van der Waals surface area contributed by atoms with Crippen molar-refractivity contribution in [2.75, 3.05) is 6.54 Å². The molecule has 7 heteroatoms. The monoisotopic (exact) mass is 373 g/mol.